The van der Waals surface area contributed by atoms with E-state index in [0.717, 1.165) is 29.1 Å². The highest BCUT2D eigenvalue weighted by Crippen LogP contribution is 2.21. The first kappa shape index (κ1) is 20.8. The van der Waals surface area contributed by atoms with Crippen molar-refractivity contribution in [2.45, 2.75) is 44.6 Å². The summed E-state index contributed by atoms with van der Waals surface area (Å²) in [4.78, 5) is 14.5. The molecule has 1 amide bonds. The second-order valence-corrected chi connectivity index (χ2v) is 8.80. The Kier molecular flexibility index (Phi) is 7.55. The van der Waals surface area contributed by atoms with Crippen LogP contribution in [0.3, 0.4) is 0 Å². The van der Waals surface area contributed by atoms with Gasteiger partial charge in [0, 0.05) is 39.6 Å². The molecule has 1 atom stereocenters. The zero-order valence-corrected chi connectivity index (χ0v) is 16.3. The lowest BCUT2D eigenvalue weighted by atomic mass is 9.98. The van der Waals surface area contributed by atoms with Crippen LogP contribution in [0, 0.1) is 5.82 Å². The highest BCUT2D eigenvalue weighted by atomic mass is 32.2. The maximum absolute atomic E-state index is 13.0. The van der Waals surface area contributed by atoms with Crippen molar-refractivity contribution >= 4 is 16.1 Å². The van der Waals surface area contributed by atoms with Crippen LogP contribution in [0.2, 0.25) is 0 Å². The van der Waals surface area contributed by atoms with E-state index in [1.165, 1.54) is 26.2 Å². The van der Waals surface area contributed by atoms with Gasteiger partial charge in [-0.3, -0.25) is 4.79 Å². The minimum Gasteiger partial charge on any atom is -0.340 e. The molecule has 1 saturated heterocycles. The average Bonchev–Trinajstić information content (AvgIpc) is 2.61. The van der Waals surface area contributed by atoms with Gasteiger partial charge in [-0.1, -0.05) is 12.1 Å². The fraction of sp³-hybridized carbons (Fsp3) is 0.611. The maximum Gasteiger partial charge on any atom is 0.278 e. The van der Waals surface area contributed by atoms with Crippen LogP contribution in [0.15, 0.2) is 24.3 Å². The fourth-order valence-electron chi connectivity index (χ4n) is 3.16. The summed E-state index contributed by atoms with van der Waals surface area (Å²) in [6.45, 7) is 1.03. The number of halogens is 1. The Morgan fingerprint density at radius 3 is 2.62 bits per heavy atom. The molecule has 146 valence electrons. The van der Waals surface area contributed by atoms with Gasteiger partial charge in [0.25, 0.3) is 10.2 Å². The Balaban J connectivity index is 1.86. The highest BCUT2D eigenvalue weighted by molar-refractivity contribution is 7.87. The number of hydrogen-bond donors (Lipinski definition) is 1. The number of nitrogens with zero attached hydrogens (tertiary/aromatic N) is 2. The first-order valence-corrected chi connectivity index (χ1v) is 10.4. The molecule has 1 aliphatic rings. The molecule has 1 aromatic carbocycles. The van der Waals surface area contributed by atoms with E-state index in [1.54, 1.807) is 12.1 Å². The van der Waals surface area contributed by atoms with Crippen molar-refractivity contribution < 1.29 is 17.6 Å². The molecule has 1 aliphatic heterocycles. The standard InChI is InChI=1S/C18H28FN3O3S/c1-21(2)26(24,25)20-13-12-17-5-3-4-14-22(17)18(23)11-8-15-6-9-16(19)10-7-15/h6-7,9-10,17,20H,3-5,8,11-14H2,1-2H3. The van der Waals surface area contributed by atoms with Gasteiger partial charge in [0.05, 0.1) is 0 Å². The first-order valence-electron chi connectivity index (χ1n) is 9.00. The molecular formula is C18H28FN3O3S. The van der Waals surface area contributed by atoms with Gasteiger partial charge in [-0.15, -0.1) is 0 Å². The third kappa shape index (κ3) is 6.03. The number of piperidine rings is 1. The summed E-state index contributed by atoms with van der Waals surface area (Å²) in [5.74, 6) is -0.203. The number of rotatable bonds is 8. The maximum atomic E-state index is 13.0. The molecule has 2 rings (SSSR count). The van der Waals surface area contributed by atoms with Crippen LogP contribution in [0.4, 0.5) is 4.39 Å². The normalized spacial score (nSPS) is 18.3. The van der Waals surface area contributed by atoms with Crippen LogP contribution in [0.5, 0.6) is 0 Å². The minimum atomic E-state index is -3.44. The zero-order valence-electron chi connectivity index (χ0n) is 15.4. The molecule has 1 aromatic rings. The molecule has 0 spiro atoms. The molecule has 0 aliphatic carbocycles. The number of carbonyl (C=O) groups is 1. The van der Waals surface area contributed by atoms with Crippen LogP contribution in [0.1, 0.15) is 37.7 Å². The van der Waals surface area contributed by atoms with E-state index < -0.39 is 10.2 Å². The largest absolute Gasteiger partial charge is 0.340 e. The molecule has 0 aromatic heterocycles. The smallest absolute Gasteiger partial charge is 0.278 e. The first-order chi connectivity index (χ1) is 12.3. The number of carbonyl (C=O) groups excluding carboxylic acids is 1. The van der Waals surface area contributed by atoms with Gasteiger partial charge < -0.3 is 4.90 Å². The summed E-state index contributed by atoms with van der Waals surface area (Å²) < 4.78 is 40.2. The summed E-state index contributed by atoms with van der Waals surface area (Å²) in [5, 5.41) is 0. The monoisotopic (exact) mass is 385 g/mol. The van der Waals surface area contributed by atoms with Crippen molar-refractivity contribution in [3.8, 4) is 0 Å². The molecule has 1 N–H and O–H groups in total. The molecule has 0 radical (unpaired) electrons. The minimum absolute atomic E-state index is 0.0642. The lowest BCUT2D eigenvalue weighted by Gasteiger charge is -2.36. The molecule has 1 heterocycles. The summed E-state index contributed by atoms with van der Waals surface area (Å²) in [7, 11) is -0.477. The van der Waals surface area contributed by atoms with E-state index >= 15 is 0 Å². The number of amides is 1. The number of aryl methyl sites for hydroxylation is 1. The van der Waals surface area contributed by atoms with Crippen molar-refractivity contribution in [1.29, 1.82) is 0 Å². The van der Waals surface area contributed by atoms with Crippen molar-refractivity contribution in [3.05, 3.63) is 35.6 Å². The van der Waals surface area contributed by atoms with Gasteiger partial charge in [0.2, 0.25) is 5.91 Å². The Bertz CT molecular complexity index is 692. The third-order valence-electron chi connectivity index (χ3n) is 4.73. The highest BCUT2D eigenvalue weighted by Gasteiger charge is 2.26. The van der Waals surface area contributed by atoms with Gasteiger partial charge in [-0.05, 0) is 49.8 Å². The van der Waals surface area contributed by atoms with Crippen LogP contribution in [0.25, 0.3) is 0 Å². The number of benzene rings is 1. The van der Waals surface area contributed by atoms with Gasteiger partial charge in [-0.2, -0.15) is 12.7 Å². The van der Waals surface area contributed by atoms with E-state index in [2.05, 4.69) is 4.72 Å². The molecule has 8 heteroatoms. The predicted octanol–water partition coefficient (Wildman–Crippen LogP) is 1.93. The fourth-order valence-corrected chi connectivity index (χ4v) is 3.79. The Morgan fingerprint density at radius 1 is 1.27 bits per heavy atom. The number of likely N-dealkylation sites (tertiary alicyclic amines) is 1. The second-order valence-electron chi connectivity index (χ2n) is 6.83. The van der Waals surface area contributed by atoms with E-state index in [0.29, 0.717) is 32.4 Å². The topological polar surface area (TPSA) is 69.7 Å². The Hall–Kier alpha value is -1.51. The van der Waals surface area contributed by atoms with Crippen molar-refractivity contribution in [2.75, 3.05) is 27.2 Å². The van der Waals surface area contributed by atoms with Gasteiger partial charge in [0.1, 0.15) is 5.82 Å². The van der Waals surface area contributed by atoms with E-state index in [-0.39, 0.29) is 17.8 Å². The molecule has 6 nitrogen and oxygen atoms in total. The molecule has 0 bridgehead atoms. The SMILES string of the molecule is CN(C)S(=O)(=O)NCCC1CCCCN1C(=O)CCc1ccc(F)cc1. The summed E-state index contributed by atoms with van der Waals surface area (Å²) in [6, 6.07) is 6.27. The van der Waals surface area contributed by atoms with Crippen molar-refractivity contribution in [3.63, 3.8) is 0 Å². The Labute approximate surface area is 155 Å². The van der Waals surface area contributed by atoms with Crippen molar-refractivity contribution in [2.24, 2.45) is 0 Å². The lowest BCUT2D eigenvalue weighted by Crippen LogP contribution is -2.46. The molecular weight excluding hydrogens is 357 g/mol. The Morgan fingerprint density at radius 2 is 1.96 bits per heavy atom. The predicted molar refractivity (Wildman–Crippen MR) is 99.3 cm³/mol. The van der Waals surface area contributed by atoms with Gasteiger partial charge in [-0.25, -0.2) is 9.11 Å². The van der Waals surface area contributed by atoms with Gasteiger partial charge in [0.15, 0.2) is 0 Å². The summed E-state index contributed by atoms with van der Waals surface area (Å²) >= 11 is 0. The molecule has 26 heavy (non-hydrogen) atoms. The summed E-state index contributed by atoms with van der Waals surface area (Å²) in [6.07, 6.45) is 4.48. The molecule has 1 unspecified atom stereocenters. The second kappa shape index (κ2) is 9.43. The van der Waals surface area contributed by atoms with Gasteiger partial charge >= 0.3 is 0 Å². The number of nitrogens with one attached hydrogen (secondary N) is 1. The molecule has 0 saturated carbocycles. The van der Waals surface area contributed by atoms with Crippen LogP contribution >= 0.6 is 0 Å². The van der Waals surface area contributed by atoms with E-state index in [1.807, 2.05) is 4.90 Å². The zero-order chi connectivity index (χ0) is 19.2. The summed E-state index contributed by atoms with van der Waals surface area (Å²) in [5.41, 5.74) is 0.937. The molecule has 1 fully saturated rings. The third-order valence-corrected chi connectivity index (χ3v) is 6.26. The lowest BCUT2D eigenvalue weighted by molar-refractivity contribution is -0.134. The van der Waals surface area contributed by atoms with Crippen molar-refractivity contribution in [1.82, 2.24) is 13.9 Å². The average molecular weight is 386 g/mol. The number of hydrogen-bond acceptors (Lipinski definition) is 3. The van der Waals surface area contributed by atoms with Crippen LogP contribution in [-0.2, 0) is 21.4 Å². The van der Waals surface area contributed by atoms with Crippen LogP contribution in [-0.4, -0.2) is 56.8 Å². The van der Waals surface area contributed by atoms with E-state index in [4.69, 9.17) is 0 Å². The quantitative estimate of drug-likeness (QED) is 0.743. The van der Waals surface area contributed by atoms with E-state index in [9.17, 15) is 17.6 Å². The van der Waals surface area contributed by atoms with Crippen LogP contribution < -0.4 is 4.72 Å².